The lowest BCUT2D eigenvalue weighted by atomic mass is 10.1. The summed E-state index contributed by atoms with van der Waals surface area (Å²) in [5.74, 6) is -0.352. The number of amides is 1. The third-order valence-electron chi connectivity index (χ3n) is 3.14. The molecule has 0 heterocycles. The molecule has 0 saturated heterocycles. The number of nitrogens with one attached hydrogen (secondary N) is 1. The maximum atomic E-state index is 12.8. The minimum absolute atomic E-state index is 0.0941. The fraction of sp³-hybridized carbons (Fsp3) is 0.176. The molecule has 0 spiro atoms. The third-order valence-corrected chi connectivity index (χ3v) is 3.14. The molecule has 0 saturated carbocycles. The van der Waals surface area contributed by atoms with Crippen LogP contribution in [0.4, 0.5) is 13.2 Å². The van der Waals surface area contributed by atoms with Crippen molar-refractivity contribution in [1.82, 2.24) is 5.43 Å². The van der Waals surface area contributed by atoms with Crippen LogP contribution in [0.25, 0.3) is 0 Å². The van der Waals surface area contributed by atoms with Crippen LogP contribution in [-0.4, -0.2) is 12.1 Å². The SMILES string of the molecule is O=C(CCc1ccccc1)N/N=C\c1ccccc1C(F)(F)F. The van der Waals surface area contributed by atoms with Gasteiger partial charge in [0.2, 0.25) is 5.91 Å². The summed E-state index contributed by atoms with van der Waals surface area (Å²) < 4.78 is 38.4. The minimum Gasteiger partial charge on any atom is -0.273 e. The molecule has 120 valence electrons. The fourth-order valence-electron chi connectivity index (χ4n) is 2.00. The van der Waals surface area contributed by atoms with Crippen LogP contribution in [-0.2, 0) is 17.4 Å². The summed E-state index contributed by atoms with van der Waals surface area (Å²) in [6, 6.07) is 14.5. The second kappa shape index (κ2) is 7.58. The van der Waals surface area contributed by atoms with Crippen LogP contribution < -0.4 is 5.43 Å². The molecule has 2 aromatic carbocycles. The van der Waals surface area contributed by atoms with Gasteiger partial charge in [0.25, 0.3) is 0 Å². The molecule has 2 rings (SSSR count). The van der Waals surface area contributed by atoms with Crippen LogP contribution >= 0.6 is 0 Å². The summed E-state index contributed by atoms with van der Waals surface area (Å²) in [6.45, 7) is 0. The van der Waals surface area contributed by atoms with Gasteiger partial charge in [-0.2, -0.15) is 18.3 Å². The van der Waals surface area contributed by atoms with Crippen molar-refractivity contribution in [2.75, 3.05) is 0 Å². The Balaban J connectivity index is 1.91. The largest absolute Gasteiger partial charge is 0.417 e. The molecule has 2 aromatic rings. The highest BCUT2D eigenvalue weighted by atomic mass is 19.4. The Morgan fingerprint density at radius 2 is 1.70 bits per heavy atom. The van der Waals surface area contributed by atoms with Crippen LogP contribution in [0.1, 0.15) is 23.1 Å². The van der Waals surface area contributed by atoms with E-state index in [1.807, 2.05) is 30.3 Å². The molecule has 0 fully saturated rings. The first-order chi connectivity index (χ1) is 11.0. The molecule has 6 heteroatoms. The van der Waals surface area contributed by atoms with Crippen LogP contribution in [0, 0.1) is 0 Å². The molecule has 0 bridgehead atoms. The molecule has 0 unspecified atom stereocenters. The molecule has 0 aliphatic rings. The van der Waals surface area contributed by atoms with Gasteiger partial charge in [-0.3, -0.25) is 4.79 Å². The van der Waals surface area contributed by atoms with E-state index < -0.39 is 11.7 Å². The minimum atomic E-state index is -4.46. The van der Waals surface area contributed by atoms with Crippen molar-refractivity contribution < 1.29 is 18.0 Å². The van der Waals surface area contributed by atoms with E-state index in [2.05, 4.69) is 10.5 Å². The number of halogens is 3. The van der Waals surface area contributed by atoms with Crippen molar-refractivity contribution in [1.29, 1.82) is 0 Å². The standard InChI is InChI=1S/C17H15F3N2O/c18-17(19,20)15-9-5-4-8-14(15)12-21-22-16(23)11-10-13-6-2-1-3-7-13/h1-9,12H,10-11H2,(H,22,23)/b21-12-. The molecule has 1 amide bonds. The van der Waals surface area contributed by atoms with Gasteiger partial charge in [-0.1, -0.05) is 48.5 Å². The Morgan fingerprint density at radius 1 is 1.04 bits per heavy atom. The number of carbonyl (C=O) groups is 1. The summed E-state index contributed by atoms with van der Waals surface area (Å²) >= 11 is 0. The van der Waals surface area contributed by atoms with E-state index in [-0.39, 0.29) is 17.9 Å². The van der Waals surface area contributed by atoms with E-state index in [1.54, 1.807) is 0 Å². The van der Waals surface area contributed by atoms with Crippen LogP contribution in [0.2, 0.25) is 0 Å². The number of nitrogens with zero attached hydrogens (tertiary/aromatic N) is 1. The highest BCUT2D eigenvalue weighted by Gasteiger charge is 2.32. The van der Waals surface area contributed by atoms with Gasteiger partial charge in [-0.15, -0.1) is 0 Å². The van der Waals surface area contributed by atoms with Crippen molar-refractivity contribution >= 4 is 12.1 Å². The molecule has 3 nitrogen and oxygen atoms in total. The highest BCUT2D eigenvalue weighted by Crippen LogP contribution is 2.30. The van der Waals surface area contributed by atoms with Crippen molar-refractivity contribution in [3.63, 3.8) is 0 Å². The molecule has 0 radical (unpaired) electrons. The van der Waals surface area contributed by atoms with Gasteiger partial charge in [0.05, 0.1) is 11.8 Å². The maximum Gasteiger partial charge on any atom is 0.417 e. The third kappa shape index (κ3) is 5.25. The lowest BCUT2D eigenvalue weighted by molar-refractivity contribution is -0.137. The second-order valence-corrected chi connectivity index (χ2v) is 4.86. The van der Waals surface area contributed by atoms with E-state index in [1.165, 1.54) is 18.2 Å². The van der Waals surface area contributed by atoms with Crippen molar-refractivity contribution in [2.45, 2.75) is 19.0 Å². The Morgan fingerprint density at radius 3 is 2.39 bits per heavy atom. The van der Waals surface area contributed by atoms with Crippen molar-refractivity contribution in [3.05, 3.63) is 71.3 Å². The smallest absolute Gasteiger partial charge is 0.273 e. The Kier molecular flexibility index (Phi) is 5.51. The Hall–Kier alpha value is -2.63. The monoisotopic (exact) mass is 320 g/mol. The number of hydrogen-bond acceptors (Lipinski definition) is 2. The molecule has 0 aliphatic carbocycles. The van der Waals surface area contributed by atoms with Gasteiger partial charge in [0.1, 0.15) is 0 Å². The average Bonchev–Trinajstić information content (AvgIpc) is 2.53. The number of hydrazone groups is 1. The maximum absolute atomic E-state index is 12.8. The van der Waals surface area contributed by atoms with Gasteiger partial charge in [0, 0.05) is 12.0 Å². The number of aryl methyl sites for hydroxylation is 1. The Labute approximate surface area is 131 Å². The molecular weight excluding hydrogens is 305 g/mol. The summed E-state index contributed by atoms with van der Waals surface area (Å²) in [6.07, 6.45) is -2.70. The first kappa shape index (κ1) is 16.7. The van der Waals surface area contributed by atoms with E-state index in [0.29, 0.717) is 6.42 Å². The van der Waals surface area contributed by atoms with Gasteiger partial charge >= 0.3 is 6.18 Å². The Bertz CT molecular complexity index is 682. The van der Waals surface area contributed by atoms with Crippen molar-refractivity contribution in [3.8, 4) is 0 Å². The summed E-state index contributed by atoms with van der Waals surface area (Å²) in [4.78, 5) is 11.6. The van der Waals surface area contributed by atoms with Gasteiger partial charge in [0.15, 0.2) is 0 Å². The summed E-state index contributed by atoms with van der Waals surface area (Å²) in [5.41, 5.74) is 2.37. The lowest BCUT2D eigenvalue weighted by Crippen LogP contribution is -2.18. The van der Waals surface area contributed by atoms with Crippen LogP contribution in [0.3, 0.4) is 0 Å². The number of benzene rings is 2. The fourth-order valence-corrected chi connectivity index (χ4v) is 2.00. The van der Waals surface area contributed by atoms with E-state index in [9.17, 15) is 18.0 Å². The zero-order valence-corrected chi connectivity index (χ0v) is 12.2. The average molecular weight is 320 g/mol. The van der Waals surface area contributed by atoms with Crippen LogP contribution in [0.5, 0.6) is 0 Å². The number of hydrogen-bond donors (Lipinski definition) is 1. The van der Waals surface area contributed by atoms with Crippen molar-refractivity contribution in [2.24, 2.45) is 5.10 Å². The number of alkyl halides is 3. The predicted octanol–water partition coefficient (Wildman–Crippen LogP) is 3.79. The van der Waals surface area contributed by atoms with Crippen LogP contribution in [0.15, 0.2) is 59.7 Å². The molecular formula is C17H15F3N2O. The highest BCUT2D eigenvalue weighted by molar-refractivity contribution is 5.84. The zero-order chi connectivity index (χ0) is 16.7. The first-order valence-corrected chi connectivity index (χ1v) is 6.99. The van der Waals surface area contributed by atoms with E-state index in [0.717, 1.165) is 17.8 Å². The summed E-state index contributed by atoms with van der Waals surface area (Å²) in [5, 5.41) is 3.60. The molecule has 1 N–H and O–H groups in total. The number of rotatable bonds is 5. The quantitative estimate of drug-likeness (QED) is 0.661. The molecule has 0 aliphatic heterocycles. The molecule has 23 heavy (non-hydrogen) atoms. The molecule has 0 atom stereocenters. The van der Waals surface area contributed by atoms with Gasteiger partial charge in [-0.25, -0.2) is 5.43 Å². The lowest BCUT2D eigenvalue weighted by Gasteiger charge is -2.09. The molecule has 0 aromatic heterocycles. The van der Waals surface area contributed by atoms with E-state index >= 15 is 0 Å². The van der Waals surface area contributed by atoms with Gasteiger partial charge in [-0.05, 0) is 18.1 Å². The van der Waals surface area contributed by atoms with Gasteiger partial charge < -0.3 is 0 Å². The number of carbonyl (C=O) groups excluding carboxylic acids is 1. The first-order valence-electron chi connectivity index (χ1n) is 6.99. The topological polar surface area (TPSA) is 41.5 Å². The summed E-state index contributed by atoms with van der Waals surface area (Å²) in [7, 11) is 0. The zero-order valence-electron chi connectivity index (χ0n) is 12.2. The second-order valence-electron chi connectivity index (χ2n) is 4.86. The predicted molar refractivity (Wildman–Crippen MR) is 81.9 cm³/mol. The van der Waals surface area contributed by atoms with E-state index in [4.69, 9.17) is 0 Å². The normalized spacial score (nSPS) is 11.6.